The van der Waals surface area contributed by atoms with Crippen LogP contribution in [0.4, 0.5) is 14.5 Å². The number of aldehydes is 1. The highest BCUT2D eigenvalue weighted by Crippen LogP contribution is 2.48. The third kappa shape index (κ3) is 5.38. The third-order valence-electron chi connectivity index (χ3n) is 6.35. The number of anilines is 1. The van der Waals surface area contributed by atoms with Gasteiger partial charge in [0.25, 0.3) is 0 Å². The maximum absolute atomic E-state index is 15.6. The number of hydrogen-bond acceptors (Lipinski definition) is 8. The van der Waals surface area contributed by atoms with Crippen LogP contribution in [0.15, 0.2) is 18.5 Å². The van der Waals surface area contributed by atoms with E-state index in [-0.39, 0.29) is 41.8 Å². The highest BCUT2D eigenvalue weighted by molar-refractivity contribution is 7.05. The first-order valence-electron chi connectivity index (χ1n) is 12.5. The number of morpholine rings is 1. The van der Waals surface area contributed by atoms with E-state index >= 15 is 8.78 Å². The zero-order chi connectivity index (χ0) is 28.1. The number of amides is 1. The Hall–Kier alpha value is -2.92. The maximum atomic E-state index is 15.6. The van der Waals surface area contributed by atoms with Crippen LogP contribution < -0.4 is 15.5 Å². The minimum Gasteiger partial charge on any atom is -0.375 e. The maximum Gasteiger partial charge on any atom is 0.241 e. The number of rotatable bonds is 5. The van der Waals surface area contributed by atoms with E-state index in [0.29, 0.717) is 16.7 Å². The van der Waals surface area contributed by atoms with E-state index in [2.05, 4.69) is 26.8 Å². The van der Waals surface area contributed by atoms with Gasteiger partial charge in [-0.2, -0.15) is 0 Å². The van der Waals surface area contributed by atoms with Gasteiger partial charge in [-0.05, 0) is 50.4 Å². The molecule has 3 heterocycles. The number of aryl methyl sites for hydroxylation is 1. The number of carbonyl (C=O) groups is 2. The molecule has 4 rings (SSSR count). The first-order valence-corrected chi connectivity index (χ1v) is 13.3. The molecule has 1 aromatic heterocycles. The van der Waals surface area contributed by atoms with E-state index < -0.39 is 35.1 Å². The number of hydrogen-bond donors (Lipinski definition) is 2. The van der Waals surface area contributed by atoms with Gasteiger partial charge < -0.3 is 25.1 Å². The predicted molar refractivity (Wildman–Crippen MR) is 142 cm³/mol. The molecule has 0 saturated carbocycles. The standard InChI is InChI=1S/C22H25F2N5O3S.2C2H6/c1-10-8-29-19-14(6-15(16(23)17(19)24)18-12(3)33-28-27-18)7-22(9-30,20(29)11(2)32-10)21(31)26-13(4)25-5;2*1-2/h6,9-11,20,25H,4,7-8H2,1-3,5H3,(H,26,31);2*1-2H3/t10?,11-,20?,22?;;/m1../s1. The summed E-state index contributed by atoms with van der Waals surface area (Å²) in [5.41, 5.74) is -1.06. The normalized spacial score (nSPS) is 23.7. The summed E-state index contributed by atoms with van der Waals surface area (Å²) in [4.78, 5) is 28.3. The number of nitrogens with one attached hydrogen (secondary N) is 2. The lowest BCUT2D eigenvalue weighted by Crippen LogP contribution is -2.68. The zero-order valence-electron chi connectivity index (χ0n) is 22.7. The molecule has 0 aliphatic carbocycles. The van der Waals surface area contributed by atoms with Crippen molar-refractivity contribution in [2.24, 2.45) is 5.41 Å². The Bertz CT molecular complexity index is 1140. The van der Waals surface area contributed by atoms with Crippen LogP contribution in [-0.2, 0) is 20.7 Å². The minimum atomic E-state index is -1.62. The highest BCUT2D eigenvalue weighted by atomic mass is 32.1. The Labute approximate surface area is 221 Å². The molecule has 1 aromatic carbocycles. The molecular weight excluding hydrogens is 500 g/mol. The van der Waals surface area contributed by atoms with Crippen molar-refractivity contribution in [2.75, 3.05) is 18.5 Å². The van der Waals surface area contributed by atoms with Crippen molar-refractivity contribution in [3.8, 4) is 11.3 Å². The molecule has 1 saturated heterocycles. The van der Waals surface area contributed by atoms with Gasteiger partial charge in [-0.15, -0.1) is 5.10 Å². The van der Waals surface area contributed by atoms with Crippen LogP contribution in [0.2, 0.25) is 0 Å². The Morgan fingerprint density at radius 2 is 1.92 bits per heavy atom. The fraction of sp³-hybridized carbons (Fsp3) is 0.538. The van der Waals surface area contributed by atoms with Gasteiger partial charge in [-0.3, -0.25) is 4.79 Å². The molecule has 0 radical (unpaired) electrons. The second-order valence-corrected chi connectivity index (χ2v) is 9.46. The van der Waals surface area contributed by atoms with Gasteiger partial charge in [-0.1, -0.05) is 38.8 Å². The van der Waals surface area contributed by atoms with Crippen molar-refractivity contribution in [3.63, 3.8) is 0 Å². The second kappa shape index (κ2) is 12.6. The second-order valence-electron chi connectivity index (χ2n) is 8.50. The lowest BCUT2D eigenvalue weighted by Gasteiger charge is -2.54. The predicted octanol–water partition coefficient (Wildman–Crippen LogP) is 4.37. The van der Waals surface area contributed by atoms with Crippen molar-refractivity contribution in [1.82, 2.24) is 20.2 Å². The average Bonchev–Trinajstić information content (AvgIpc) is 3.32. The van der Waals surface area contributed by atoms with Gasteiger partial charge in [0.1, 0.15) is 17.4 Å². The van der Waals surface area contributed by atoms with E-state index in [9.17, 15) is 9.59 Å². The molecule has 3 unspecified atom stereocenters. The van der Waals surface area contributed by atoms with Crippen LogP contribution in [0.3, 0.4) is 0 Å². The summed E-state index contributed by atoms with van der Waals surface area (Å²) < 4.78 is 40.6. The van der Waals surface area contributed by atoms with Crippen molar-refractivity contribution in [1.29, 1.82) is 0 Å². The Balaban J connectivity index is 0.00000115. The molecule has 4 atom stereocenters. The fourth-order valence-corrected chi connectivity index (χ4v) is 5.42. The summed E-state index contributed by atoms with van der Waals surface area (Å²) >= 11 is 1.07. The number of ether oxygens (including phenoxy) is 1. The van der Waals surface area contributed by atoms with Crippen LogP contribution >= 0.6 is 11.5 Å². The molecule has 37 heavy (non-hydrogen) atoms. The van der Waals surface area contributed by atoms with Gasteiger partial charge in [0.05, 0.1) is 34.6 Å². The minimum absolute atomic E-state index is 0.0433. The average molecular weight is 538 g/mol. The Morgan fingerprint density at radius 1 is 1.27 bits per heavy atom. The summed E-state index contributed by atoms with van der Waals surface area (Å²) in [6, 6.07) is 0.627. The van der Waals surface area contributed by atoms with Crippen molar-refractivity contribution in [3.05, 3.63) is 40.5 Å². The molecule has 0 bridgehead atoms. The van der Waals surface area contributed by atoms with Crippen molar-refractivity contribution < 1.29 is 23.1 Å². The highest BCUT2D eigenvalue weighted by Gasteiger charge is 2.57. The molecular formula is C26H37F2N5O3S. The topological polar surface area (TPSA) is 96.5 Å². The van der Waals surface area contributed by atoms with Crippen LogP contribution in [0.5, 0.6) is 0 Å². The van der Waals surface area contributed by atoms with Crippen LogP contribution in [0.25, 0.3) is 11.3 Å². The molecule has 0 spiro atoms. The smallest absolute Gasteiger partial charge is 0.241 e. The molecule has 1 fully saturated rings. The van der Waals surface area contributed by atoms with Gasteiger partial charge in [0.2, 0.25) is 5.91 Å². The first kappa shape index (κ1) is 30.3. The van der Waals surface area contributed by atoms with E-state index in [4.69, 9.17) is 4.74 Å². The summed E-state index contributed by atoms with van der Waals surface area (Å²) in [6.07, 6.45) is -0.487. The van der Waals surface area contributed by atoms with Crippen molar-refractivity contribution in [2.45, 2.75) is 73.1 Å². The number of fused-ring (bicyclic) bond motifs is 3. The van der Waals surface area contributed by atoms with Crippen LogP contribution in [-0.4, -0.2) is 53.6 Å². The van der Waals surface area contributed by atoms with E-state index in [0.717, 1.165) is 11.5 Å². The summed E-state index contributed by atoms with van der Waals surface area (Å²) in [7, 11) is 1.58. The molecule has 2 aromatic rings. The number of halogens is 2. The van der Waals surface area contributed by atoms with Gasteiger partial charge >= 0.3 is 0 Å². The number of nitrogens with zero attached hydrogens (tertiary/aromatic N) is 3. The van der Waals surface area contributed by atoms with Gasteiger partial charge in [-0.25, -0.2) is 8.78 Å². The molecule has 204 valence electrons. The monoisotopic (exact) mass is 537 g/mol. The molecule has 2 aliphatic rings. The number of benzene rings is 1. The lowest BCUT2D eigenvalue weighted by molar-refractivity contribution is -0.144. The third-order valence-corrected chi connectivity index (χ3v) is 6.98. The van der Waals surface area contributed by atoms with Gasteiger partial charge in [0.15, 0.2) is 11.6 Å². The quantitative estimate of drug-likeness (QED) is 0.432. The fourth-order valence-electron chi connectivity index (χ4n) is 4.94. The first-order chi connectivity index (χ1) is 17.6. The summed E-state index contributed by atoms with van der Waals surface area (Å²) in [6.45, 7) is 17.1. The molecule has 8 nitrogen and oxygen atoms in total. The van der Waals surface area contributed by atoms with E-state index in [1.165, 1.54) is 6.07 Å². The molecule has 11 heteroatoms. The lowest BCUT2D eigenvalue weighted by atomic mass is 9.68. The van der Waals surface area contributed by atoms with Crippen LogP contribution in [0, 0.1) is 24.0 Å². The zero-order valence-corrected chi connectivity index (χ0v) is 23.6. The molecule has 2 N–H and O–H groups in total. The molecule has 2 aliphatic heterocycles. The van der Waals surface area contributed by atoms with Gasteiger partial charge in [0, 0.05) is 19.2 Å². The summed E-state index contributed by atoms with van der Waals surface area (Å²) in [5.74, 6) is -2.46. The van der Waals surface area contributed by atoms with Crippen LogP contribution in [0.1, 0.15) is 52.0 Å². The Morgan fingerprint density at radius 3 is 2.46 bits per heavy atom. The SMILES string of the molecule is C=C(NC)NC(=O)C1(C=O)Cc2cc(-c3nnsc3C)c(F)c(F)c2N2CC(C)O[C@H](C)C21.CC.CC. The van der Waals surface area contributed by atoms with Crippen molar-refractivity contribution >= 4 is 29.4 Å². The number of aromatic nitrogens is 2. The Kier molecular flexibility index (Phi) is 10.3. The molecule has 1 amide bonds. The van der Waals surface area contributed by atoms with E-state index in [1.54, 1.807) is 32.7 Å². The largest absolute Gasteiger partial charge is 0.375 e. The van der Waals surface area contributed by atoms with E-state index in [1.807, 2.05) is 27.7 Å². The number of carbonyl (C=O) groups excluding carboxylic acids is 2. The summed E-state index contributed by atoms with van der Waals surface area (Å²) in [5, 5.41) is 9.29.